The van der Waals surface area contributed by atoms with Crippen LogP contribution in [0.25, 0.3) is 0 Å². The second-order valence-electron chi connectivity index (χ2n) is 8.57. The number of nitrogens with zero attached hydrogens (tertiary/aromatic N) is 1. The molecule has 6 nitrogen and oxygen atoms in total. The Kier molecular flexibility index (Phi) is 9.01. The summed E-state index contributed by atoms with van der Waals surface area (Å²) in [6.07, 6.45) is 2.26. The summed E-state index contributed by atoms with van der Waals surface area (Å²) in [5, 5.41) is 6.59. The molecule has 2 atom stereocenters. The molecule has 1 saturated heterocycles. The van der Waals surface area contributed by atoms with Gasteiger partial charge >= 0.3 is 0 Å². The predicted molar refractivity (Wildman–Crippen MR) is 132 cm³/mol. The summed E-state index contributed by atoms with van der Waals surface area (Å²) >= 11 is 12.1. The van der Waals surface area contributed by atoms with E-state index in [1.54, 1.807) is 19.2 Å². The second-order valence-corrected chi connectivity index (χ2v) is 9.41. The molecule has 2 aromatic carbocycles. The molecule has 2 amide bonds. The largest absolute Gasteiger partial charge is 0.496 e. The highest BCUT2D eigenvalue weighted by Crippen LogP contribution is 2.31. The van der Waals surface area contributed by atoms with Gasteiger partial charge in [0, 0.05) is 17.1 Å². The topological polar surface area (TPSA) is 70.7 Å². The van der Waals surface area contributed by atoms with Crippen molar-refractivity contribution in [3.8, 4) is 5.75 Å². The lowest BCUT2D eigenvalue weighted by molar-refractivity contribution is -0.124. The highest BCUT2D eigenvalue weighted by atomic mass is 35.5. The van der Waals surface area contributed by atoms with Gasteiger partial charge < -0.3 is 15.4 Å². The Hall–Kier alpha value is -2.28. The monoisotopic (exact) mass is 491 g/mol. The number of carbonyl (C=O) groups is 2. The van der Waals surface area contributed by atoms with Gasteiger partial charge in [0.1, 0.15) is 11.8 Å². The van der Waals surface area contributed by atoms with Crippen molar-refractivity contribution >= 4 is 35.0 Å². The van der Waals surface area contributed by atoms with Gasteiger partial charge in [-0.15, -0.1) is 0 Å². The standard InChI is InChI=1S/C25H31Cl2N3O3/c1-16(2)23(29-24(31)18-11-10-17(26)14-20(18)27)25(32)28-15-21(30-12-6-7-13-30)19-8-4-5-9-22(19)33-3/h4-5,8-11,14,16,21,23H,6-7,12-13,15H2,1-3H3,(H,28,32)(H,29,31). The van der Waals surface area contributed by atoms with Gasteiger partial charge in [0.15, 0.2) is 0 Å². The van der Waals surface area contributed by atoms with E-state index in [-0.39, 0.29) is 28.5 Å². The van der Waals surface area contributed by atoms with Gasteiger partial charge in [-0.3, -0.25) is 14.5 Å². The van der Waals surface area contributed by atoms with Crippen molar-refractivity contribution in [2.45, 2.75) is 38.8 Å². The van der Waals surface area contributed by atoms with Crippen LogP contribution >= 0.6 is 23.2 Å². The van der Waals surface area contributed by atoms with Gasteiger partial charge in [-0.05, 0) is 56.1 Å². The fourth-order valence-electron chi connectivity index (χ4n) is 4.17. The molecular formula is C25H31Cl2N3O3. The number of para-hydroxylation sites is 1. The molecule has 0 spiro atoms. The zero-order valence-corrected chi connectivity index (χ0v) is 20.7. The van der Waals surface area contributed by atoms with Crippen LogP contribution < -0.4 is 15.4 Å². The second kappa shape index (κ2) is 11.7. The number of methoxy groups -OCH3 is 1. The first kappa shape index (κ1) is 25.3. The Morgan fingerprint density at radius 1 is 1.09 bits per heavy atom. The minimum absolute atomic E-state index is 0.0122. The lowest BCUT2D eigenvalue weighted by Crippen LogP contribution is -2.51. The van der Waals surface area contributed by atoms with E-state index in [2.05, 4.69) is 15.5 Å². The summed E-state index contributed by atoms with van der Waals surface area (Å²) in [4.78, 5) is 28.3. The molecule has 8 heteroatoms. The van der Waals surface area contributed by atoms with Crippen molar-refractivity contribution in [3.05, 3.63) is 63.6 Å². The third-order valence-corrected chi connectivity index (χ3v) is 6.51. The first-order valence-electron chi connectivity index (χ1n) is 11.2. The van der Waals surface area contributed by atoms with Crippen LogP contribution in [0.5, 0.6) is 5.75 Å². The molecule has 2 N–H and O–H groups in total. The molecule has 33 heavy (non-hydrogen) atoms. The Labute approximate surface area is 205 Å². The van der Waals surface area contributed by atoms with Crippen molar-refractivity contribution in [1.82, 2.24) is 15.5 Å². The average Bonchev–Trinajstić information content (AvgIpc) is 3.32. The van der Waals surface area contributed by atoms with E-state index in [9.17, 15) is 9.59 Å². The first-order valence-corrected chi connectivity index (χ1v) is 12.0. The highest BCUT2D eigenvalue weighted by molar-refractivity contribution is 6.36. The molecule has 1 heterocycles. The van der Waals surface area contributed by atoms with Gasteiger partial charge in [-0.25, -0.2) is 0 Å². The van der Waals surface area contributed by atoms with Crippen LogP contribution in [0.15, 0.2) is 42.5 Å². The Morgan fingerprint density at radius 3 is 2.42 bits per heavy atom. The van der Waals surface area contributed by atoms with E-state index < -0.39 is 11.9 Å². The van der Waals surface area contributed by atoms with Gasteiger partial charge in [0.25, 0.3) is 5.91 Å². The zero-order chi connectivity index (χ0) is 24.0. The molecule has 178 valence electrons. The molecule has 0 bridgehead atoms. The zero-order valence-electron chi connectivity index (χ0n) is 19.2. The third kappa shape index (κ3) is 6.40. The van der Waals surface area contributed by atoms with E-state index in [1.165, 1.54) is 6.07 Å². The third-order valence-electron chi connectivity index (χ3n) is 5.96. The number of benzene rings is 2. The molecule has 0 aliphatic carbocycles. The number of halogens is 2. The van der Waals surface area contributed by atoms with Gasteiger partial charge in [0.05, 0.1) is 23.7 Å². The predicted octanol–water partition coefficient (Wildman–Crippen LogP) is 4.71. The number of hydrogen-bond acceptors (Lipinski definition) is 4. The summed E-state index contributed by atoms with van der Waals surface area (Å²) < 4.78 is 5.58. The van der Waals surface area contributed by atoms with Crippen LogP contribution in [0.1, 0.15) is 48.7 Å². The fourth-order valence-corrected chi connectivity index (χ4v) is 4.66. The van der Waals surface area contributed by atoms with E-state index >= 15 is 0 Å². The van der Waals surface area contributed by atoms with Crippen LogP contribution in [0.2, 0.25) is 10.0 Å². The summed E-state index contributed by atoms with van der Waals surface area (Å²) in [6.45, 7) is 6.15. The van der Waals surface area contributed by atoms with Crippen molar-refractivity contribution in [2.75, 3.05) is 26.7 Å². The van der Waals surface area contributed by atoms with Crippen LogP contribution in [0, 0.1) is 5.92 Å². The molecule has 2 unspecified atom stereocenters. The van der Waals surface area contributed by atoms with Gasteiger partial charge in [-0.1, -0.05) is 55.2 Å². The molecule has 1 fully saturated rings. The Morgan fingerprint density at radius 2 is 1.79 bits per heavy atom. The molecule has 1 aliphatic heterocycles. The molecule has 0 aromatic heterocycles. The number of hydrogen-bond donors (Lipinski definition) is 2. The lowest BCUT2D eigenvalue weighted by Gasteiger charge is -2.30. The maximum absolute atomic E-state index is 13.2. The SMILES string of the molecule is COc1ccccc1C(CNC(=O)C(NC(=O)c1ccc(Cl)cc1Cl)C(C)C)N1CCCC1. The number of nitrogens with one attached hydrogen (secondary N) is 2. The summed E-state index contributed by atoms with van der Waals surface area (Å²) in [5.74, 6) is 0.0418. The van der Waals surface area contributed by atoms with Gasteiger partial charge in [0.2, 0.25) is 5.91 Å². The maximum atomic E-state index is 13.2. The number of amides is 2. The molecule has 0 radical (unpaired) electrons. The van der Waals surface area contributed by atoms with Crippen LogP contribution in [0.3, 0.4) is 0 Å². The van der Waals surface area contributed by atoms with Gasteiger partial charge in [-0.2, -0.15) is 0 Å². The number of likely N-dealkylation sites (tertiary alicyclic amines) is 1. The smallest absolute Gasteiger partial charge is 0.253 e. The average molecular weight is 492 g/mol. The number of ether oxygens (including phenoxy) is 1. The van der Waals surface area contributed by atoms with E-state index in [0.29, 0.717) is 11.6 Å². The fraction of sp³-hybridized carbons (Fsp3) is 0.440. The van der Waals surface area contributed by atoms with E-state index in [4.69, 9.17) is 27.9 Å². The van der Waals surface area contributed by atoms with Crippen LogP contribution in [-0.2, 0) is 4.79 Å². The lowest BCUT2D eigenvalue weighted by atomic mass is 10.0. The van der Waals surface area contributed by atoms with Crippen molar-refractivity contribution in [3.63, 3.8) is 0 Å². The minimum Gasteiger partial charge on any atom is -0.496 e. The number of rotatable bonds is 9. The number of carbonyl (C=O) groups excluding carboxylic acids is 2. The summed E-state index contributed by atoms with van der Waals surface area (Å²) in [5.41, 5.74) is 1.32. The van der Waals surface area contributed by atoms with Crippen molar-refractivity contribution in [1.29, 1.82) is 0 Å². The van der Waals surface area contributed by atoms with Crippen LogP contribution in [-0.4, -0.2) is 49.5 Å². The Balaban J connectivity index is 1.73. The maximum Gasteiger partial charge on any atom is 0.253 e. The molecule has 0 saturated carbocycles. The quantitative estimate of drug-likeness (QED) is 0.532. The summed E-state index contributed by atoms with van der Waals surface area (Å²) in [6, 6.07) is 11.8. The van der Waals surface area contributed by atoms with E-state index in [1.807, 2.05) is 38.1 Å². The highest BCUT2D eigenvalue weighted by Gasteiger charge is 2.29. The molecular weight excluding hydrogens is 461 g/mol. The van der Waals surface area contributed by atoms with E-state index in [0.717, 1.165) is 37.2 Å². The molecule has 3 rings (SSSR count). The van der Waals surface area contributed by atoms with Crippen molar-refractivity contribution in [2.24, 2.45) is 5.92 Å². The summed E-state index contributed by atoms with van der Waals surface area (Å²) in [7, 11) is 1.66. The Bertz CT molecular complexity index is 977. The minimum atomic E-state index is -0.707. The van der Waals surface area contributed by atoms with Crippen LogP contribution in [0.4, 0.5) is 0 Å². The molecule has 1 aliphatic rings. The normalized spacial score (nSPS) is 15.8. The molecule has 2 aromatic rings. The van der Waals surface area contributed by atoms with Crippen molar-refractivity contribution < 1.29 is 14.3 Å². The first-order chi connectivity index (χ1) is 15.8.